The van der Waals surface area contributed by atoms with Crippen molar-refractivity contribution in [3.63, 3.8) is 0 Å². The van der Waals surface area contributed by atoms with Crippen molar-refractivity contribution in [2.75, 3.05) is 0 Å². The molecule has 3 nitrogen and oxygen atoms in total. The number of fused-ring (bicyclic) bond motifs is 6. The summed E-state index contributed by atoms with van der Waals surface area (Å²) in [6.45, 7) is 0. The van der Waals surface area contributed by atoms with Crippen molar-refractivity contribution in [3.05, 3.63) is 164 Å². The Balaban J connectivity index is 1.33. The Morgan fingerprint density at radius 2 is 1.09 bits per heavy atom. The fourth-order valence-corrected chi connectivity index (χ4v) is 6.66. The summed E-state index contributed by atoms with van der Waals surface area (Å²) >= 11 is 0. The van der Waals surface area contributed by atoms with E-state index in [9.17, 15) is 0 Å². The molecular formula is C41H27N3. The van der Waals surface area contributed by atoms with Gasteiger partial charge in [-0.1, -0.05) is 103 Å². The lowest BCUT2D eigenvalue weighted by molar-refractivity contribution is 1.09. The van der Waals surface area contributed by atoms with Gasteiger partial charge in [0.15, 0.2) is 0 Å². The lowest BCUT2D eigenvalue weighted by atomic mass is 10.0. The van der Waals surface area contributed by atoms with Gasteiger partial charge in [-0.05, 0) is 76.5 Å². The van der Waals surface area contributed by atoms with Crippen LogP contribution < -0.4 is 0 Å². The van der Waals surface area contributed by atoms with E-state index in [1.165, 1.54) is 38.0 Å². The van der Waals surface area contributed by atoms with Gasteiger partial charge in [0, 0.05) is 33.6 Å². The second kappa shape index (κ2) is 9.82. The zero-order valence-electron chi connectivity index (χ0n) is 23.9. The molecule has 6 aromatic carbocycles. The highest BCUT2D eigenvalue weighted by Crippen LogP contribution is 2.38. The van der Waals surface area contributed by atoms with Crippen molar-refractivity contribution in [3.8, 4) is 33.9 Å². The van der Waals surface area contributed by atoms with Crippen molar-refractivity contribution in [2.24, 2.45) is 0 Å². The van der Waals surface area contributed by atoms with Gasteiger partial charge in [0.05, 0.1) is 22.2 Å². The standard InChI is InChI=1S/C41H27N3/c1-4-12-28(13-5-1)31-24-37(29-14-6-2-7-15-29)42-41(26-31)44-39-19-11-10-18-33(39)36-27-35-30(25-40(36)44)20-21-38-34(35)22-23-43(38)32-16-8-3-9-17-32/h1-27H. The lowest BCUT2D eigenvalue weighted by Gasteiger charge is -2.13. The first kappa shape index (κ1) is 24.6. The average molecular weight is 562 g/mol. The summed E-state index contributed by atoms with van der Waals surface area (Å²) in [5.41, 5.74) is 9.04. The number of pyridine rings is 1. The smallest absolute Gasteiger partial charge is 0.138 e. The van der Waals surface area contributed by atoms with Gasteiger partial charge in [-0.2, -0.15) is 0 Å². The zero-order valence-corrected chi connectivity index (χ0v) is 23.9. The largest absolute Gasteiger partial charge is 0.317 e. The minimum Gasteiger partial charge on any atom is -0.317 e. The molecule has 3 aromatic heterocycles. The van der Waals surface area contributed by atoms with E-state index in [2.05, 4.69) is 173 Å². The lowest BCUT2D eigenvalue weighted by Crippen LogP contribution is -2.00. The Labute approximate surface area is 254 Å². The van der Waals surface area contributed by atoms with Crippen LogP contribution in [0.25, 0.3) is 77.4 Å². The van der Waals surface area contributed by atoms with Crippen LogP contribution in [0.1, 0.15) is 0 Å². The highest BCUT2D eigenvalue weighted by atomic mass is 15.1. The van der Waals surface area contributed by atoms with Crippen LogP contribution in [0.5, 0.6) is 0 Å². The van der Waals surface area contributed by atoms with Crippen molar-refractivity contribution in [2.45, 2.75) is 0 Å². The van der Waals surface area contributed by atoms with Crippen LogP contribution >= 0.6 is 0 Å². The van der Waals surface area contributed by atoms with Gasteiger partial charge in [0.2, 0.25) is 0 Å². The maximum absolute atomic E-state index is 5.30. The van der Waals surface area contributed by atoms with Crippen LogP contribution in [0.2, 0.25) is 0 Å². The Bertz CT molecular complexity index is 2410. The van der Waals surface area contributed by atoms with Gasteiger partial charge in [-0.3, -0.25) is 4.57 Å². The van der Waals surface area contributed by atoms with Crippen LogP contribution in [-0.4, -0.2) is 14.1 Å². The minimum absolute atomic E-state index is 0.909. The van der Waals surface area contributed by atoms with E-state index in [1.807, 2.05) is 0 Å². The molecule has 206 valence electrons. The highest BCUT2D eigenvalue weighted by molar-refractivity contribution is 6.18. The molecule has 0 saturated heterocycles. The van der Waals surface area contributed by atoms with Crippen LogP contribution in [0.3, 0.4) is 0 Å². The van der Waals surface area contributed by atoms with E-state index in [1.54, 1.807) is 0 Å². The molecule has 9 aromatic rings. The topological polar surface area (TPSA) is 22.8 Å². The number of hydrogen-bond donors (Lipinski definition) is 0. The number of para-hydroxylation sites is 2. The molecule has 0 radical (unpaired) electrons. The monoisotopic (exact) mass is 561 g/mol. The molecule has 3 heterocycles. The third-order valence-electron chi connectivity index (χ3n) is 8.73. The normalized spacial score (nSPS) is 11.6. The van der Waals surface area contributed by atoms with Crippen LogP contribution in [-0.2, 0) is 0 Å². The Kier molecular flexibility index (Phi) is 5.50. The maximum Gasteiger partial charge on any atom is 0.138 e. The van der Waals surface area contributed by atoms with E-state index in [0.717, 1.165) is 39.4 Å². The predicted molar refractivity (Wildman–Crippen MR) is 184 cm³/mol. The van der Waals surface area contributed by atoms with E-state index in [-0.39, 0.29) is 0 Å². The molecule has 9 rings (SSSR count). The first-order valence-electron chi connectivity index (χ1n) is 15.0. The van der Waals surface area contributed by atoms with Gasteiger partial charge in [0.25, 0.3) is 0 Å². The Morgan fingerprint density at radius 3 is 1.89 bits per heavy atom. The van der Waals surface area contributed by atoms with Gasteiger partial charge in [-0.25, -0.2) is 4.98 Å². The van der Waals surface area contributed by atoms with E-state index < -0.39 is 0 Å². The first-order valence-corrected chi connectivity index (χ1v) is 15.0. The molecule has 0 amide bonds. The quantitative estimate of drug-likeness (QED) is 0.210. The van der Waals surface area contributed by atoms with Gasteiger partial charge in [0.1, 0.15) is 5.82 Å². The van der Waals surface area contributed by atoms with Gasteiger partial charge in [-0.15, -0.1) is 0 Å². The SMILES string of the molecule is c1ccc(-c2cc(-c3ccccc3)nc(-n3c4ccccc4c4cc5c(ccc6c5ccn6-c5ccccc5)cc43)c2)cc1. The molecule has 0 unspecified atom stereocenters. The molecule has 0 atom stereocenters. The summed E-state index contributed by atoms with van der Waals surface area (Å²) in [6, 6.07) is 56.1. The molecule has 0 N–H and O–H groups in total. The highest BCUT2D eigenvalue weighted by Gasteiger charge is 2.17. The van der Waals surface area contributed by atoms with Crippen molar-refractivity contribution in [1.82, 2.24) is 14.1 Å². The molecule has 0 aliphatic heterocycles. The summed E-state index contributed by atoms with van der Waals surface area (Å²) in [5.74, 6) is 0.909. The summed E-state index contributed by atoms with van der Waals surface area (Å²) in [4.78, 5) is 5.30. The van der Waals surface area contributed by atoms with Crippen molar-refractivity contribution >= 4 is 43.5 Å². The second-order valence-corrected chi connectivity index (χ2v) is 11.3. The molecule has 3 heteroatoms. The third-order valence-corrected chi connectivity index (χ3v) is 8.73. The molecule has 0 spiro atoms. The zero-order chi connectivity index (χ0) is 29.0. The molecule has 44 heavy (non-hydrogen) atoms. The minimum atomic E-state index is 0.909. The second-order valence-electron chi connectivity index (χ2n) is 11.3. The number of benzene rings is 6. The maximum atomic E-state index is 5.30. The summed E-state index contributed by atoms with van der Waals surface area (Å²) < 4.78 is 4.61. The summed E-state index contributed by atoms with van der Waals surface area (Å²) in [6.07, 6.45) is 2.18. The van der Waals surface area contributed by atoms with E-state index >= 15 is 0 Å². The Hall–Kier alpha value is -5.93. The van der Waals surface area contributed by atoms with Crippen LogP contribution in [0.4, 0.5) is 0 Å². The molecular weight excluding hydrogens is 534 g/mol. The molecule has 0 saturated carbocycles. The fraction of sp³-hybridized carbons (Fsp3) is 0. The van der Waals surface area contributed by atoms with Crippen LogP contribution in [0.15, 0.2) is 164 Å². The van der Waals surface area contributed by atoms with Gasteiger partial charge >= 0.3 is 0 Å². The van der Waals surface area contributed by atoms with E-state index in [4.69, 9.17) is 4.98 Å². The van der Waals surface area contributed by atoms with Crippen LogP contribution in [0, 0.1) is 0 Å². The van der Waals surface area contributed by atoms with Crippen molar-refractivity contribution < 1.29 is 0 Å². The molecule has 0 aliphatic rings. The average Bonchev–Trinajstić information content (AvgIpc) is 3.68. The molecule has 0 bridgehead atoms. The molecule has 0 aliphatic carbocycles. The number of hydrogen-bond acceptors (Lipinski definition) is 1. The Morgan fingerprint density at radius 1 is 0.409 bits per heavy atom. The third kappa shape index (κ3) is 3.87. The van der Waals surface area contributed by atoms with Gasteiger partial charge < -0.3 is 4.57 Å². The first-order chi connectivity index (χ1) is 21.8. The fourth-order valence-electron chi connectivity index (χ4n) is 6.66. The predicted octanol–water partition coefficient (Wildman–Crippen LogP) is 10.6. The summed E-state index contributed by atoms with van der Waals surface area (Å²) in [7, 11) is 0. The summed E-state index contributed by atoms with van der Waals surface area (Å²) in [5, 5.41) is 6.16. The number of aromatic nitrogens is 3. The molecule has 0 fully saturated rings. The number of nitrogens with zero attached hydrogens (tertiary/aromatic N) is 3. The van der Waals surface area contributed by atoms with E-state index in [0.29, 0.717) is 0 Å². The number of rotatable bonds is 4. The van der Waals surface area contributed by atoms with Crippen molar-refractivity contribution in [1.29, 1.82) is 0 Å².